The molecule has 106 valence electrons. The lowest BCUT2D eigenvalue weighted by Gasteiger charge is -2.21. The van der Waals surface area contributed by atoms with Gasteiger partial charge in [-0.15, -0.1) is 0 Å². The van der Waals surface area contributed by atoms with Gasteiger partial charge in [-0.1, -0.05) is 44.2 Å². The van der Waals surface area contributed by atoms with Crippen molar-refractivity contribution in [2.45, 2.75) is 39.7 Å². The van der Waals surface area contributed by atoms with Crippen LogP contribution in [0, 0.1) is 6.92 Å². The van der Waals surface area contributed by atoms with Gasteiger partial charge in [-0.25, -0.2) is 0 Å². The average molecular weight is 268 g/mol. The Morgan fingerprint density at radius 1 is 1.10 bits per heavy atom. The maximum Gasteiger partial charge on any atom is 0.0594 e. The van der Waals surface area contributed by atoms with Gasteiger partial charge in [0.1, 0.15) is 0 Å². The number of hydrogen-bond acceptors (Lipinski definition) is 2. The standard InChI is InChI=1S/C18H24N2/c1-4-12-20-18(17-7-6-13-19-14(17)3)16-10-8-15(5-2)9-11-16/h6-11,13,18,20H,4-5,12H2,1-3H3. The summed E-state index contributed by atoms with van der Waals surface area (Å²) in [6.07, 6.45) is 4.07. The lowest BCUT2D eigenvalue weighted by Crippen LogP contribution is -2.24. The molecule has 0 spiro atoms. The SMILES string of the molecule is CCCNC(c1ccc(CC)cc1)c1cccnc1C. The van der Waals surface area contributed by atoms with Crippen LogP contribution in [0.2, 0.25) is 0 Å². The van der Waals surface area contributed by atoms with E-state index in [-0.39, 0.29) is 6.04 Å². The summed E-state index contributed by atoms with van der Waals surface area (Å²) < 4.78 is 0. The van der Waals surface area contributed by atoms with E-state index < -0.39 is 0 Å². The number of benzene rings is 1. The molecule has 0 aliphatic carbocycles. The highest BCUT2D eigenvalue weighted by atomic mass is 14.9. The minimum absolute atomic E-state index is 0.231. The van der Waals surface area contributed by atoms with E-state index in [0.717, 1.165) is 25.1 Å². The molecular formula is C18H24N2. The molecule has 1 heterocycles. The molecule has 20 heavy (non-hydrogen) atoms. The molecule has 2 nitrogen and oxygen atoms in total. The molecule has 0 radical (unpaired) electrons. The molecule has 0 aliphatic rings. The van der Waals surface area contributed by atoms with E-state index in [2.05, 4.69) is 61.4 Å². The number of hydrogen-bond donors (Lipinski definition) is 1. The highest BCUT2D eigenvalue weighted by Gasteiger charge is 2.15. The molecule has 2 aromatic rings. The van der Waals surface area contributed by atoms with Gasteiger partial charge < -0.3 is 5.32 Å². The fourth-order valence-electron chi connectivity index (χ4n) is 2.44. The van der Waals surface area contributed by atoms with Crippen LogP contribution < -0.4 is 5.32 Å². The van der Waals surface area contributed by atoms with E-state index in [1.54, 1.807) is 0 Å². The van der Waals surface area contributed by atoms with E-state index >= 15 is 0 Å². The summed E-state index contributed by atoms with van der Waals surface area (Å²) in [7, 11) is 0. The first-order valence-corrected chi connectivity index (χ1v) is 7.50. The van der Waals surface area contributed by atoms with Crippen LogP contribution in [-0.2, 0) is 6.42 Å². The second kappa shape index (κ2) is 7.20. The van der Waals surface area contributed by atoms with Crippen molar-refractivity contribution >= 4 is 0 Å². The van der Waals surface area contributed by atoms with Gasteiger partial charge >= 0.3 is 0 Å². The summed E-state index contributed by atoms with van der Waals surface area (Å²) in [4.78, 5) is 4.43. The molecule has 1 aromatic carbocycles. The maximum atomic E-state index is 4.43. The Morgan fingerprint density at radius 2 is 1.85 bits per heavy atom. The first-order chi connectivity index (χ1) is 9.76. The number of rotatable bonds is 6. The molecule has 0 fully saturated rings. The van der Waals surface area contributed by atoms with Gasteiger partial charge in [0, 0.05) is 11.9 Å². The minimum atomic E-state index is 0.231. The molecule has 0 saturated carbocycles. The molecule has 0 saturated heterocycles. The van der Waals surface area contributed by atoms with Gasteiger partial charge in [0.25, 0.3) is 0 Å². The first-order valence-electron chi connectivity index (χ1n) is 7.50. The molecule has 2 rings (SSSR count). The largest absolute Gasteiger partial charge is 0.306 e. The number of nitrogens with one attached hydrogen (secondary N) is 1. The number of aryl methyl sites for hydroxylation is 2. The Balaban J connectivity index is 2.33. The van der Waals surface area contributed by atoms with Crippen molar-refractivity contribution in [1.29, 1.82) is 0 Å². The van der Waals surface area contributed by atoms with Gasteiger partial charge in [0.05, 0.1) is 6.04 Å². The Bertz CT molecular complexity index is 531. The van der Waals surface area contributed by atoms with Gasteiger partial charge in [-0.05, 0) is 49.1 Å². The van der Waals surface area contributed by atoms with Crippen LogP contribution in [0.3, 0.4) is 0 Å². The zero-order valence-corrected chi connectivity index (χ0v) is 12.7. The molecule has 0 bridgehead atoms. The smallest absolute Gasteiger partial charge is 0.0594 e. The normalized spacial score (nSPS) is 12.3. The van der Waals surface area contributed by atoms with Crippen molar-refractivity contribution in [2.24, 2.45) is 0 Å². The van der Waals surface area contributed by atoms with Crippen LogP contribution in [0.5, 0.6) is 0 Å². The monoisotopic (exact) mass is 268 g/mol. The topological polar surface area (TPSA) is 24.9 Å². The predicted molar refractivity (Wildman–Crippen MR) is 84.9 cm³/mol. The van der Waals surface area contributed by atoms with Crippen molar-refractivity contribution in [1.82, 2.24) is 10.3 Å². The van der Waals surface area contributed by atoms with E-state index in [0.29, 0.717) is 0 Å². The van der Waals surface area contributed by atoms with Gasteiger partial charge in [-0.3, -0.25) is 4.98 Å². The molecular weight excluding hydrogens is 244 g/mol. The molecule has 1 aromatic heterocycles. The molecule has 1 atom stereocenters. The van der Waals surface area contributed by atoms with Crippen LogP contribution in [0.25, 0.3) is 0 Å². The van der Waals surface area contributed by atoms with Crippen LogP contribution in [-0.4, -0.2) is 11.5 Å². The van der Waals surface area contributed by atoms with Crippen molar-refractivity contribution in [3.63, 3.8) is 0 Å². The highest BCUT2D eigenvalue weighted by Crippen LogP contribution is 2.24. The zero-order chi connectivity index (χ0) is 14.4. The Hall–Kier alpha value is -1.67. The van der Waals surface area contributed by atoms with Gasteiger partial charge in [0.2, 0.25) is 0 Å². The third-order valence-corrected chi connectivity index (χ3v) is 3.68. The van der Waals surface area contributed by atoms with E-state index in [1.807, 2.05) is 12.3 Å². The van der Waals surface area contributed by atoms with E-state index in [1.165, 1.54) is 16.7 Å². The van der Waals surface area contributed by atoms with Gasteiger partial charge in [-0.2, -0.15) is 0 Å². The second-order valence-corrected chi connectivity index (χ2v) is 5.16. The fraction of sp³-hybridized carbons (Fsp3) is 0.389. The molecule has 2 heteroatoms. The lowest BCUT2D eigenvalue weighted by molar-refractivity contribution is 0.594. The number of nitrogens with zero attached hydrogens (tertiary/aromatic N) is 1. The van der Waals surface area contributed by atoms with Gasteiger partial charge in [0.15, 0.2) is 0 Å². The highest BCUT2D eigenvalue weighted by molar-refractivity contribution is 5.35. The van der Waals surface area contributed by atoms with E-state index in [4.69, 9.17) is 0 Å². The molecule has 0 aliphatic heterocycles. The van der Waals surface area contributed by atoms with Crippen molar-refractivity contribution in [3.8, 4) is 0 Å². The molecule has 1 N–H and O–H groups in total. The summed E-state index contributed by atoms with van der Waals surface area (Å²) in [5.41, 5.74) is 5.06. The quantitative estimate of drug-likeness (QED) is 0.855. The number of aromatic nitrogens is 1. The van der Waals surface area contributed by atoms with E-state index in [9.17, 15) is 0 Å². The summed E-state index contributed by atoms with van der Waals surface area (Å²) in [6, 6.07) is 13.3. The second-order valence-electron chi connectivity index (χ2n) is 5.16. The molecule has 0 amide bonds. The van der Waals surface area contributed by atoms with Crippen LogP contribution in [0.15, 0.2) is 42.6 Å². The minimum Gasteiger partial charge on any atom is -0.306 e. The first kappa shape index (κ1) is 14.7. The lowest BCUT2D eigenvalue weighted by atomic mass is 9.96. The maximum absolute atomic E-state index is 4.43. The summed E-state index contributed by atoms with van der Waals surface area (Å²) in [5.74, 6) is 0. The Morgan fingerprint density at radius 3 is 2.45 bits per heavy atom. The summed E-state index contributed by atoms with van der Waals surface area (Å²) >= 11 is 0. The van der Waals surface area contributed by atoms with Crippen LogP contribution in [0.4, 0.5) is 0 Å². The van der Waals surface area contributed by atoms with Crippen molar-refractivity contribution < 1.29 is 0 Å². The van der Waals surface area contributed by atoms with Crippen molar-refractivity contribution in [2.75, 3.05) is 6.54 Å². The Kier molecular flexibility index (Phi) is 5.31. The zero-order valence-electron chi connectivity index (χ0n) is 12.7. The summed E-state index contributed by atoms with van der Waals surface area (Å²) in [5, 5.41) is 3.64. The van der Waals surface area contributed by atoms with Crippen LogP contribution >= 0.6 is 0 Å². The summed E-state index contributed by atoms with van der Waals surface area (Å²) in [6.45, 7) is 7.47. The third-order valence-electron chi connectivity index (χ3n) is 3.68. The third kappa shape index (κ3) is 3.45. The number of pyridine rings is 1. The Labute approximate surface area is 122 Å². The predicted octanol–water partition coefficient (Wildman–Crippen LogP) is 4.04. The fourth-order valence-corrected chi connectivity index (χ4v) is 2.44. The average Bonchev–Trinajstić information content (AvgIpc) is 2.50. The molecule has 1 unspecified atom stereocenters. The van der Waals surface area contributed by atoms with Crippen LogP contribution in [0.1, 0.15) is 48.7 Å². The van der Waals surface area contributed by atoms with Crippen molar-refractivity contribution in [3.05, 3.63) is 65.0 Å².